The number of hydrogen-bond acceptors (Lipinski definition) is 2. The Morgan fingerprint density at radius 3 is 2.58 bits per heavy atom. The van der Waals surface area contributed by atoms with E-state index in [0.717, 1.165) is 17.9 Å². The first-order valence-electron chi connectivity index (χ1n) is 6.56. The summed E-state index contributed by atoms with van der Waals surface area (Å²) in [7, 11) is 0. The molecule has 1 aliphatic rings. The van der Waals surface area contributed by atoms with Crippen molar-refractivity contribution in [3.63, 3.8) is 0 Å². The summed E-state index contributed by atoms with van der Waals surface area (Å²) in [6.45, 7) is 6.08. The van der Waals surface area contributed by atoms with Crippen molar-refractivity contribution in [2.75, 3.05) is 0 Å². The van der Waals surface area contributed by atoms with E-state index in [1.165, 1.54) is 5.56 Å². The minimum Gasteiger partial charge on any atom is -0.354 e. The highest BCUT2D eigenvalue weighted by Gasteiger charge is 2.35. The van der Waals surface area contributed by atoms with Crippen LogP contribution in [-0.4, -0.2) is 16.7 Å². The summed E-state index contributed by atoms with van der Waals surface area (Å²) < 4.78 is 0.176. The molecule has 0 aromatic heterocycles. The van der Waals surface area contributed by atoms with Crippen molar-refractivity contribution < 1.29 is 4.79 Å². The van der Waals surface area contributed by atoms with Crippen molar-refractivity contribution in [1.29, 1.82) is 0 Å². The van der Waals surface area contributed by atoms with E-state index in [4.69, 9.17) is 11.6 Å². The van der Waals surface area contributed by atoms with Crippen molar-refractivity contribution >= 4 is 29.3 Å². The monoisotopic (exact) mass is 297 g/mol. The highest BCUT2D eigenvalue weighted by molar-refractivity contribution is 8.00. The zero-order valence-corrected chi connectivity index (χ0v) is 13.1. The van der Waals surface area contributed by atoms with Crippen LogP contribution in [0.5, 0.6) is 0 Å². The highest BCUT2D eigenvalue weighted by atomic mass is 35.5. The summed E-state index contributed by atoms with van der Waals surface area (Å²) in [6, 6.07) is 8.31. The largest absolute Gasteiger partial charge is 0.354 e. The van der Waals surface area contributed by atoms with Crippen LogP contribution in [0.3, 0.4) is 0 Å². The molecule has 1 aliphatic heterocycles. The lowest BCUT2D eigenvalue weighted by Crippen LogP contribution is -2.42. The molecule has 1 aromatic carbocycles. The molecular weight excluding hydrogens is 278 g/mol. The lowest BCUT2D eigenvalue weighted by atomic mass is 9.95. The van der Waals surface area contributed by atoms with E-state index < -0.39 is 0 Å². The number of halogens is 1. The van der Waals surface area contributed by atoms with Gasteiger partial charge in [0, 0.05) is 28.0 Å². The van der Waals surface area contributed by atoms with E-state index in [2.05, 4.69) is 31.3 Å². The normalized spacial score (nSPS) is 25.9. The van der Waals surface area contributed by atoms with Crippen molar-refractivity contribution in [3.05, 3.63) is 34.9 Å². The Labute approximate surface area is 124 Å². The number of rotatable bonds is 2. The lowest BCUT2D eigenvalue weighted by Gasteiger charge is -2.40. The van der Waals surface area contributed by atoms with Crippen LogP contribution in [0, 0.1) is 0 Å². The van der Waals surface area contributed by atoms with Crippen LogP contribution < -0.4 is 5.32 Å². The second-order valence-electron chi connectivity index (χ2n) is 5.76. The van der Waals surface area contributed by atoms with Gasteiger partial charge >= 0.3 is 0 Å². The minimum atomic E-state index is 0.0579. The SMILES string of the molecule is CC(=O)N[C@@H]1C[C@H](c2ccc(Cl)cc2)SC(C)(C)C1. The smallest absolute Gasteiger partial charge is 0.217 e. The van der Waals surface area contributed by atoms with Gasteiger partial charge in [0.2, 0.25) is 5.91 Å². The molecule has 2 atom stereocenters. The first kappa shape index (κ1) is 14.7. The van der Waals surface area contributed by atoms with Gasteiger partial charge in [0.05, 0.1) is 0 Å². The number of thioether (sulfide) groups is 1. The Morgan fingerprint density at radius 2 is 2.00 bits per heavy atom. The molecular formula is C15H20ClNOS. The first-order chi connectivity index (χ1) is 8.85. The molecule has 1 heterocycles. The summed E-state index contributed by atoms with van der Waals surface area (Å²) in [6.07, 6.45) is 2.00. The molecule has 104 valence electrons. The molecule has 0 aliphatic carbocycles. The van der Waals surface area contributed by atoms with Crippen LogP contribution in [0.2, 0.25) is 5.02 Å². The molecule has 0 unspecified atom stereocenters. The average molecular weight is 298 g/mol. The predicted octanol–water partition coefficient (Wildman–Crippen LogP) is 4.19. The number of benzene rings is 1. The van der Waals surface area contributed by atoms with Gasteiger partial charge in [-0.1, -0.05) is 37.6 Å². The Bertz CT molecular complexity index is 458. The molecule has 2 rings (SSSR count). The van der Waals surface area contributed by atoms with Crippen molar-refractivity contribution in [2.24, 2.45) is 0 Å². The molecule has 1 saturated heterocycles. The molecule has 1 aromatic rings. The molecule has 1 fully saturated rings. The highest BCUT2D eigenvalue weighted by Crippen LogP contribution is 2.48. The quantitative estimate of drug-likeness (QED) is 0.887. The van der Waals surface area contributed by atoms with Crippen LogP contribution in [-0.2, 0) is 4.79 Å². The van der Waals surface area contributed by atoms with Crippen molar-refractivity contribution in [2.45, 2.75) is 49.7 Å². The van der Waals surface area contributed by atoms with E-state index in [0.29, 0.717) is 5.25 Å². The molecule has 0 saturated carbocycles. The fourth-order valence-electron chi connectivity index (χ4n) is 2.70. The number of carbonyl (C=O) groups excluding carboxylic acids is 1. The zero-order valence-electron chi connectivity index (χ0n) is 11.6. The number of amides is 1. The molecule has 1 N–H and O–H groups in total. The second-order valence-corrected chi connectivity index (χ2v) is 8.10. The molecule has 1 amide bonds. The number of hydrogen-bond donors (Lipinski definition) is 1. The summed E-state index contributed by atoms with van der Waals surface area (Å²) in [5, 5.41) is 4.25. The summed E-state index contributed by atoms with van der Waals surface area (Å²) in [5.74, 6) is 0.0579. The van der Waals surface area contributed by atoms with Crippen LogP contribution in [0.15, 0.2) is 24.3 Å². The van der Waals surface area contributed by atoms with Gasteiger partial charge < -0.3 is 5.32 Å². The zero-order chi connectivity index (χ0) is 14.0. The number of nitrogens with one attached hydrogen (secondary N) is 1. The standard InChI is InChI=1S/C15H20ClNOS/c1-10(18)17-13-8-14(19-15(2,3)9-13)11-4-6-12(16)7-5-11/h4-7,13-14H,8-9H2,1-3H3,(H,17,18)/t13-,14-/m1/s1. The summed E-state index contributed by atoms with van der Waals surface area (Å²) in [4.78, 5) is 11.3. The fraction of sp³-hybridized carbons (Fsp3) is 0.533. The molecule has 4 heteroatoms. The third-order valence-corrected chi connectivity index (χ3v) is 5.15. The fourth-order valence-corrected chi connectivity index (χ4v) is 4.51. The maximum absolute atomic E-state index is 11.3. The molecule has 2 nitrogen and oxygen atoms in total. The molecule has 0 radical (unpaired) electrons. The molecule has 19 heavy (non-hydrogen) atoms. The van der Waals surface area contributed by atoms with Crippen molar-refractivity contribution in [1.82, 2.24) is 5.32 Å². The average Bonchev–Trinajstić information content (AvgIpc) is 2.26. The Balaban J connectivity index is 2.15. The van der Waals surface area contributed by atoms with Gasteiger partial charge in [-0.2, -0.15) is 0 Å². The third kappa shape index (κ3) is 4.15. The van der Waals surface area contributed by atoms with Gasteiger partial charge in [0.1, 0.15) is 0 Å². The van der Waals surface area contributed by atoms with Crippen LogP contribution in [0.25, 0.3) is 0 Å². The van der Waals surface area contributed by atoms with E-state index in [1.807, 2.05) is 23.9 Å². The van der Waals surface area contributed by atoms with E-state index >= 15 is 0 Å². The van der Waals surface area contributed by atoms with Crippen molar-refractivity contribution in [3.8, 4) is 0 Å². The van der Waals surface area contributed by atoms with E-state index in [-0.39, 0.29) is 16.7 Å². The van der Waals surface area contributed by atoms with Crippen LogP contribution in [0.1, 0.15) is 44.4 Å². The Morgan fingerprint density at radius 1 is 1.37 bits per heavy atom. The third-order valence-electron chi connectivity index (χ3n) is 3.35. The Hall–Kier alpha value is -0.670. The van der Waals surface area contributed by atoms with Gasteiger partial charge in [-0.3, -0.25) is 4.79 Å². The molecule has 0 spiro atoms. The Kier molecular flexibility index (Phi) is 4.46. The topological polar surface area (TPSA) is 29.1 Å². The van der Waals surface area contributed by atoms with Crippen LogP contribution in [0.4, 0.5) is 0 Å². The molecule has 0 bridgehead atoms. The maximum Gasteiger partial charge on any atom is 0.217 e. The van der Waals surface area contributed by atoms with Gasteiger partial charge in [0.15, 0.2) is 0 Å². The van der Waals surface area contributed by atoms with E-state index in [9.17, 15) is 4.79 Å². The lowest BCUT2D eigenvalue weighted by molar-refractivity contribution is -0.119. The second kappa shape index (κ2) is 5.76. The maximum atomic E-state index is 11.3. The minimum absolute atomic E-state index is 0.0579. The van der Waals surface area contributed by atoms with Gasteiger partial charge in [0.25, 0.3) is 0 Å². The summed E-state index contributed by atoms with van der Waals surface area (Å²) >= 11 is 7.92. The van der Waals surface area contributed by atoms with Gasteiger partial charge in [-0.15, -0.1) is 11.8 Å². The summed E-state index contributed by atoms with van der Waals surface area (Å²) in [5.41, 5.74) is 1.29. The van der Waals surface area contributed by atoms with E-state index in [1.54, 1.807) is 6.92 Å². The number of carbonyl (C=O) groups is 1. The van der Waals surface area contributed by atoms with Crippen LogP contribution >= 0.6 is 23.4 Å². The van der Waals surface area contributed by atoms with Gasteiger partial charge in [-0.25, -0.2) is 0 Å². The first-order valence-corrected chi connectivity index (χ1v) is 7.82. The van der Waals surface area contributed by atoms with Gasteiger partial charge in [-0.05, 0) is 30.5 Å². The predicted molar refractivity (Wildman–Crippen MR) is 82.7 cm³/mol.